The van der Waals surface area contributed by atoms with Crippen molar-refractivity contribution in [1.29, 1.82) is 0 Å². The first-order chi connectivity index (χ1) is 27.8. The van der Waals surface area contributed by atoms with E-state index in [1.165, 1.54) is 16.7 Å². The summed E-state index contributed by atoms with van der Waals surface area (Å²) in [5.74, 6) is -0.0515. The molecule has 8 heteroatoms. The van der Waals surface area contributed by atoms with E-state index in [4.69, 9.17) is 0 Å². The third-order valence-corrected chi connectivity index (χ3v) is 9.97. The number of urea groups is 1. The lowest BCUT2D eigenvalue weighted by Crippen LogP contribution is -2.36. The molecule has 1 saturated heterocycles. The van der Waals surface area contributed by atoms with Gasteiger partial charge in [0.15, 0.2) is 0 Å². The van der Waals surface area contributed by atoms with Crippen molar-refractivity contribution < 1.29 is 19.2 Å². The molecule has 1 aliphatic heterocycles. The summed E-state index contributed by atoms with van der Waals surface area (Å²) in [5.41, 5.74) is 7.78. The smallest absolute Gasteiger partial charge is 0.322 e. The van der Waals surface area contributed by atoms with Gasteiger partial charge < -0.3 is 10.6 Å². The Morgan fingerprint density at radius 2 is 1.12 bits per heavy atom. The Morgan fingerprint density at radius 3 is 1.77 bits per heavy atom. The molecule has 0 aromatic heterocycles. The summed E-state index contributed by atoms with van der Waals surface area (Å²) >= 11 is 0. The molecule has 57 heavy (non-hydrogen) atoms. The zero-order chi connectivity index (χ0) is 39.8. The van der Waals surface area contributed by atoms with E-state index >= 15 is 0 Å². The van der Waals surface area contributed by atoms with Crippen LogP contribution in [0.2, 0.25) is 0 Å². The Kier molecular flexibility index (Phi) is 14.3. The second-order valence-corrected chi connectivity index (χ2v) is 14.2. The highest BCUT2D eigenvalue weighted by Gasteiger charge is 2.24. The molecule has 0 aliphatic carbocycles. The molecule has 1 heterocycles. The highest BCUT2D eigenvalue weighted by atomic mass is 16.2. The van der Waals surface area contributed by atoms with Crippen molar-refractivity contribution in [3.05, 3.63) is 192 Å². The quantitative estimate of drug-likeness (QED) is 0.122. The minimum Gasteiger partial charge on any atom is -0.322 e. The molecule has 0 bridgehead atoms. The highest BCUT2D eigenvalue weighted by Crippen LogP contribution is 2.23. The van der Waals surface area contributed by atoms with Gasteiger partial charge in [-0.05, 0) is 104 Å². The summed E-state index contributed by atoms with van der Waals surface area (Å²) in [6, 6.07) is 50.8. The number of amides is 4. The van der Waals surface area contributed by atoms with Crippen LogP contribution in [0.5, 0.6) is 0 Å². The normalized spacial score (nSPS) is 12.7. The largest absolute Gasteiger partial charge is 0.326 e. The Morgan fingerprint density at radius 1 is 0.561 bits per heavy atom. The number of aryl methyl sites for hydroxylation is 2. The van der Waals surface area contributed by atoms with Crippen LogP contribution in [0.15, 0.2) is 164 Å². The fraction of sp³-hybridized carbons (Fsp3) is 0.184. The lowest BCUT2D eigenvalue weighted by atomic mass is 9.89. The number of likely N-dealkylation sites (tertiary alicyclic amines) is 1. The van der Waals surface area contributed by atoms with Gasteiger partial charge in [0.25, 0.3) is 11.8 Å². The van der Waals surface area contributed by atoms with Crippen molar-refractivity contribution in [3.63, 3.8) is 0 Å². The van der Waals surface area contributed by atoms with E-state index in [9.17, 15) is 19.2 Å². The van der Waals surface area contributed by atoms with Crippen LogP contribution in [-0.4, -0.2) is 41.6 Å². The Bertz CT molecular complexity index is 2220. The Labute approximate surface area is 335 Å². The van der Waals surface area contributed by atoms with Crippen LogP contribution >= 0.6 is 0 Å². The third kappa shape index (κ3) is 12.4. The van der Waals surface area contributed by atoms with Crippen LogP contribution in [0.25, 0.3) is 11.1 Å². The monoisotopic (exact) mass is 756 g/mol. The summed E-state index contributed by atoms with van der Waals surface area (Å²) in [6.07, 6.45) is 3.59. The van der Waals surface area contributed by atoms with Crippen molar-refractivity contribution in [1.82, 2.24) is 10.2 Å². The number of nitrogens with one attached hydrogen (secondary N) is 3. The molecule has 288 valence electrons. The molecule has 1 aliphatic rings. The molecular weight excluding hydrogens is 709 g/mol. The number of carbonyl (C=O) groups excluding carboxylic acids is 4. The highest BCUT2D eigenvalue weighted by molar-refractivity contribution is 6.08. The minimum atomic E-state index is -0.668. The van der Waals surface area contributed by atoms with Crippen molar-refractivity contribution in [3.8, 4) is 11.1 Å². The molecule has 0 atom stereocenters. The zero-order valence-corrected chi connectivity index (χ0v) is 32.2. The van der Waals surface area contributed by atoms with Crippen LogP contribution in [-0.2, 0) is 17.8 Å². The third-order valence-electron chi connectivity index (χ3n) is 9.97. The molecule has 3 N–H and O–H groups in total. The standard InChI is InChI=1S/C27H21N3O3.C22H27NO/c31-25(21-10-5-2-6-11-21)28-23-12-7-13-24(18-23)29-27(33)30-26(32)22-16-14-20(15-17-22)19-8-3-1-4-9-19;1-18-7-9-19(10-8-18)11-12-22(24)21-13-15-23(16-14-21)17-20-5-3-2-4-6-20/h1-18H,(H,28,31)(H2,29,30,32,33);2-10,21H,11-17H2,1H3. The maximum Gasteiger partial charge on any atom is 0.326 e. The molecular formula is C49H48N4O4. The molecule has 0 spiro atoms. The zero-order valence-electron chi connectivity index (χ0n) is 32.2. The first kappa shape index (κ1) is 40.0. The molecule has 0 unspecified atom stereocenters. The molecule has 6 aromatic carbocycles. The molecule has 0 saturated carbocycles. The van der Waals surface area contributed by atoms with E-state index in [0.717, 1.165) is 50.0 Å². The minimum absolute atomic E-state index is 0.258. The lowest BCUT2D eigenvalue weighted by molar-refractivity contribution is -0.124. The summed E-state index contributed by atoms with van der Waals surface area (Å²) in [5, 5.41) is 7.70. The number of carbonyl (C=O) groups is 4. The maximum absolute atomic E-state index is 12.5. The first-order valence-electron chi connectivity index (χ1n) is 19.4. The van der Waals surface area contributed by atoms with Gasteiger partial charge in [-0.1, -0.05) is 127 Å². The molecule has 8 nitrogen and oxygen atoms in total. The van der Waals surface area contributed by atoms with E-state index in [0.29, 0.717) is 34.7 Å². The average Bonchev–Trinajstić information content (AvgIpc) is 3.25. The summed E-state index contributed by atoms with van der Waals surface area (Å²) < 4.78 is 0. The van der Waals surface area contributed by atoms with Gasteiger partial charge in [-0.3, -0.25) is 24.6 Å². The van der Waals surface area contributed by atoms with Gasteiger partial charge in [0, 0.05) is 41.4 Å². The molecule has 6 aromatic rings. The van der Waals surface area contributed by atoms with Gasteiger partial charge >= 0.3 is 6.03 Å². The topological polar surface area (TPSA) is 108 Å². The first-order valence-corrected chi connectivity index (χ1v) is 19.4. The fourth-order valence-electron chi connectivity index (χ4n) is 6.73. The summed E-state index contributed by atoms with van der Waals surface area (Å²) in [7, 11) is 0. The second kappa shape index (κ2) is 20.3. The second-order valence-electron chi connectivity index (χ2n) is 14.2. The van der Waals surface area contributed by atoms with Gasteiger partial charge in [-0.2, -0.15) is 0 Å². The fourth-order valence-corrected chi connectivity index (χ4v) is 6.73. The maximum atomic E-state index is 12.5. The van der Waals surface area contributed by atoms with E-state index in [1.54, 1.807) is 60.7 Å². The van der Waals surface area contributed by atoms with Gasteiger partial charge in [0.2, 0.25) is 0 Å². The summed E-state index contributed by atoms with van der Waals surface area (Å²) in [4.78, 5) is 52.0. The predicted molar refractivity (Wildman–Crippen MR) is 228 cm³/mol. The van der Waals surface area contributed by atoms with E-state index in [1.807, 2.05) is 48.5 Å². The average molecular weight is 757 g/mol. The van der Waals surface area contributed by atoms with Crippen LogP contribution < -0.4 is 16.0 Å². The van der Waals surface area contributed by atoms with Crippen LogP contribution in [0.3, 0.4) is 0 Å². The van der Waals surface area contributed by atoms with E-state index in [2.05, 4.69) is 82.4 Å². The molecule has 4 amide bonds. The number of piperidine rings is 1. The van der Waals surface area contributed by atoms with Gasteiger partial charge in [-0.25, -0.2) is 4.79 Å². The molecule has 7 rings (SSSR count). The number of nitrogens with zero attached hydrogens (tertiary/aromatic N) is 1. The number of hydrogen-bond acceptors (Lipinski definition) is 5. The van der Waals surface area contributed by atoms with Crippen LogP contribution in [0.4, 0.5) is 16.2 Å². The predicted octanol–water partition coefficient (Wildman–Crippen LogP) is 9.98. The van der Waals surface area contributed by atoms with Crippen molar-refractivity contribution >= 4 is 35.0 Å². The molecule has 0 radical (unpaired) electrons. The summed E-state index contributed by atoms with van der Waals surface area (Å²) in [6.45, 7) is 5.18. The number of rotatable bonds is 11. The van der Waals surface area contributed by atoms with Crippen molar-refractivity contribution in [2.24, 2.45) is 5.92 Å². The molecule has 1 fully saturated rings. The van der Waals surface area contributed by atoms with E-state index in [-0.39, 0.29) is 11.8 Å². The SMILES string of the molecule is Cc1ccc(CCC(=O)C2CCN(Cc3ccccc3)CC2)cc1.O=C(NC(=O)c1ccc(-c2ccccc2)cc1)Nc1cccc(NC(=O)c2ccccc2)c1. The van der Waals surface area contributed by atoms with E-state index < -0.39 is 11.9 Å². The van der Waals surface area contributed by atoms with Crippen molar-refractivity contribution in [2.75, 3.05) is 23.7 Å². The lowest BCUT2D eigenvalue weighted by Gasteiger charge is -2.31. The number of hydrogen-bond donors (Lipinski definition) is 3. The number of Topliss-reactive ketones (excluding diaryl/α,β-unsaturated/α-hetero) is 1. The number of benzene rings is 6. The van der Waals surface area contributed by atoms with Gasteiger partial charge in [0.05, 0.1) is 0 Å². The van der Waals surface area contributed by atoms with Crippen LogP contribution in [0, 0.1) is 12.8 Å². The van der Waals surface area contributed by atoms with Gasteiger partial charge in [-0.15, -0.1) is 0 Å². The number of anilines is 2. The Hall–Kier alpha value is -6.64. The van der Waals surface area contributed by atoms with Gasteiger partial charge in [0.1, 0.15) is 5.78 Å². The Balaban J connectivity index is 0.000000203. The number of imide groups is 1. The van der Waals surface area contributed by atoms with Crippen LogP contribution in [0.1, 0.15) is 56.7 Å². The van der Waals surface area contributed by atoms with Crippen molar-refractivity contribution in [2.45, 2.75) is 39.2 Å². The number of ketones is 1.